The summed E-state index contributed by atoms with van der Waals surface area (Å²) in [6.45, 7) is 0. The number of halogens is 2. The number of nitrogens with zero attached hydrogens (tertiary/aromatic N) is 4. The van der Waals surface area contributed by atoms with E-state index in [1.807, 2.05) is 6.07 Å². The van der Waals surface area contributed by atoms with Gasteiger partial charge in [-0.05, 0) is 30.3 Å². The van der Waals surface area contributed by atoms with Crippen LogP contribution in [0.5, 0.6) is 0 Å². The third-order valence-corrected chi connectivity index (χ3v) is 2.96. The molecule has 0 aliphatic heterocycles. The van der Waals surface area contributed by atoms with E-state index >= 15 is 0 Å². The highest BCUT2D eigenvalue weighted by Crippen LogP contribution is 2.27. The van der Waals surface area contributed by atoms with Crippen LogP contribution in [0.15, 0.2) is 48.5 Å². The van der Waals surface area contributed by atoms with E-state index in [1.165, 1.54) is 35.0 Å². The van der Waals surface area contributed by atoms with Crippen molar-refractivity contribution in [2.45, 2.75) is 0 Å². The molecule has 1 aromatic heterocycles. The number of rotatable bonds is 2. The Bertz CT molecular complexity index is 849. The fraction of sp³-hybridized carbons (Fsp3) is 0. The van der Waals surface area contributed by atoms with Gasteiger partial charge in [-0.15, -0.1) is 5.10 Å². The van der Waals surface area contributed by atoms with Gasteiger partial charge >= 0.3 is 0 Å². The summed E-state index contributed by atoms with van der Waals surface area (Å²) < 4.78 is 28.6. The molecule has 102 valence electrons. The van der Waals surface area contributed by atoms with Gasteiger partial charge in [-0.2, -0.15) is 5.26 Å². The first-order valence-electron chi connectivity index (χ1n) is 6.07. The average Bonchev–Trinajstić information content (AvgIpc) is 2.91. The minimum atomic E-state index is -0.506. The molecular weight excluding hydrogens is 274 g/mol. The van der Waals surface area contributed by atoms with Gasteiger partial charge in [0.05, 0.1) is 5.69 Å². The van der Waals surface area contributed by atoms with Gasteiger partial charge in [0.2, 0.25) is 0 Å². The van der Waals surface area contributed by atoms with Gasteiger partial charge in [0.15, 0.2) is 5.69 Å². The molecular formula is C15H8F2N4. The maximum Gasteiger partial charge on any atom is 0.191 e. The molecule has 0 aliphatic carbocycles. The first-order chi connectivity index (χ1) is 10.2. The SMILES string of the molecule is N#Cc1nnn(-c2cccc(F)c2)c1-c1ccccc1F. The highest BCUT2D eigenvalue weighted by atomic mass is 19.1. The molecule has 0 atom stereocenters. The van der Waals surface area contributed by atoms with Crippen molar-refractivity contribution in [3.8, 4) is 23.0 Å². The molecule has 0 saturated carbocycles. The lowest BCUT2D eigenvalue weighted by atomic mass is 10.1. The second-order valence-corrected chi connectivity index (χ2v) is 4.27. The average molecular weight is 282 g/mol. The molecule has 0 aliphatic rings. The third kappa shape index (κ3) is 2.25. The Labute approximate surface area is 118 Å². The molecule has 0 N–H and O–H groups in total. The Kier molecular flexibility index (Phi) is 3.16. The van der Waals surface area contributed by atoms with Crippen molar-refractivity contribution in [1.29, 1.82) is 5.26 Å². The Morgan fingerprint density at radius 1 is 1.05 bits per heavy atom. The van der Waals surface area contributed by atoms with Gasteiger partial charge in [0.25, 0.3) is 0 Å². The summed E-state index contributed by atoms with van der Waals surface area (Å²) in [5.41, 5.74) is 0.719. The summed E-state index contributed by atoms with van der Waals surface area (Å²) in [7, 11) is 0. The molecule has 2 aromatic carbocycles. The lowest BCUT2D eigenvalue weighted by molar-refractivity contribution is 0.624. The normalized spacial score (nSPS) is 10.3. The maximum atomic E-state index is 14.0. The van der Waals surface area contributed by atoms with Crippen LogP contribution in [-0.2, 0) is 0 Å². The van der Waals surface area contributed by atoms with Crippen LogP contribution < -0.4 is 0 Å². The Balaban J connectivity index is 2.28. The monoisotopic (exact) mass is 282 g/mol. The number of hydrogen-bond donors (Lipinski definition) is 0. The van der Waals surface area contributed by atoms with Crippen molar-refractivity contribution in [1.82, 2.24) is 15.0 Å². The Morgan fingerprint density at radius 3 is 2.57 bits per heavy atom. The second kappa shape index (κ2) is 5.13. The molecule has 0 fully saturated rings. The molecule has 3 rings (SSSR count). The van der Waals surface area contributed by atoms with Gasteiger partial charge in [0, 0.05) is 5.56 Å². The van der Waals surface area contributed by atoms with Crippen molar-refractivity contribution in [2.75, 3.05) is 0 Å². The zero-order valence-electron chi connectivity index (χ0n) is 10.7. The predicted octanol–water partition coefficient (Wildman–Crippen LogP) is 3.08. The van der Waals surface area contributed by atoms with E-state index in [2.05, 4.69) is 10.3 Å². The van der Waals surface area contributed by atoms with E-state index < -0.39 is 11.6 Å². The van der Waals surface area contributed by atoms with Crippen LogP contribution in [0, 0.1) is 23.0 Å². The summed E-state index contributed by atoms with van der Waals surface area (Å²) in [6.07, 6.45) is 0. The van der Waals surface area contributed by atoms with E-state index in [9.17, 15) is 8.78 Å². The standard InChI is InChI=1S/C15H8F2N4/c16-10-4-3-5-11(8-10)21-15(14(9-18)19-20-21)12-6-1-2-7-13(12)17/h1-8H. The van der Waals surface area contributed by atoms with Crippen molar-refractivity contribution in [2.24, 2.45) is 0 Å². The van der Waals surface area contributed by atoms with Crippen molar-refractivity contribution >= 4 is 0 Å². The summed E-state index contributed by atoms with van der Waals surface area (Å²) in [4.78, 5) is 0. The van der Waals surface area contributed by atoms with Crippen LogP contribution in [0.25, 0.3) is 16.9 Å². The second-order valence-electron chi connectivity index (χ2n) is 4.27. The smallest absolute Gasteiger partial charge is 0.191 e. The summed E-state index contributed by atoms with van der Waals surface area (Å²) >= 11 is 0. The van der Waals surface area contributed by atoms with E-state index in [1.54, 1.807) is 18.2 Å². The molecule has 0 unspecified atom stereocenters. The number of aromatic nitrogens is 3. The molecule has 1 heterocycles. The molecule has 21 heavy (non-hydrogen) atoms. The van der Waals surface area contributed by atoms with Crippen LogP contribution in [-0.4, -0.2) is 15.0 Å². The number of benzene rings is 2. The zero-order valence-corrected chi connectivity index (χ0v) is 10.7. The van der Waals surface area contributed by atoms with Crippen molar-refractivity contribution in [3.05, 3.63) is 65.9 Å². The highest BCUT2D eigenvalue weighted by molar-refractivity contribution is 5.67. The predicted molar refractivity (Wildman–Crippen MR) is 71.4 cm³/mol. The first kappa shape index (κ1) is 12.9. The van der Waals surface area contributed by atoms with Gasteiger partial charge in [-0.25, -0.2) is 13.5 Å². The maximum absolute atomic E-state index is 14.0. The minimum absolute atomic E-state index is 0.0237. The van der Waals surface area contributed by atoms with Crippen LogP contribution in [0.1, 0.15) is 5.69 Å². The fourth-order valence-electron chi connectivity index (χ4n) is 2.04. The number of nitriles is 1. The van der Waals surface area contributed by atoms with Gasteiger partial charge in [-0.3, -0.25) is 0 Å². The van der Waals surface area contributed by atoms with Gasteiger partial charge in [-0.1, -0.05) is 23.4 Å². The lowest BCUT2D eigenvalue weighted by Gasteiger charge is -2.07. The molecule has 0 bridgehead atoms. The number of hydrogen-bond acceptors (Lipinski definition) is 3. The molecule has 0 saturated heterocycles. The Morgan fingerprint density at radius 2 is 1.86 bits per heavy atom. The van der Waals surface area contributed by atoms with Gasteiger partial charge in [0.1, 0.15) is 23.4 Å². The minimum Gasteiger partial charge on any atom is -0.211 e. The topological polar surface area (TPSA) is 54.5 Å². The van der Waals surface area contributed by atoms with Gasteiger partial charge < -0.3 is 0 Å². The molecule has 6 heteroatoms. The zero-order chi connectivity index (χ0) is 14.8. The fourth-order valence-corrected chi connectivity index (χ4v) is 2.04. The Hall–Kier alpha value is -3.07. The van der Waals surface area contributed by atoms with E-state index in [4.69, 9.17) is 5.26 Å². The largest absolute Gasteiger partial charge is 0.211 e. The summed E-state index contributed by atoms with van der Waals surface area (Å²) in [6, 6.07) is 13.5. The molecule has 3 aromatic rings. The molecule has 4 nitrogen and oxygen atoms in total. The highest BCUT2D eigenvalue weighted by Gasteiger charge is 2.19. The lowest BCUT2D eigenvalue weighted by Crippen LogP contribution is -2.01. The van der Waals surface area contributed by atoms with Crippen LogP contribution >= 0.6 is 0 Å². The third-order valence-electron chi connectivity index (χ3n) is 2.96. The molecule has 0 radical (unpaired) electrons. The van der Waals surface area contributed by atoms with Crippen molar-refractivity contribution < 1.29 is 8.78 Å². The quantitative estimate of drug-likeness (QED) is 0.725. The first-order valence-corrected chi connectivity index (χ1v) is 6.07. The van der Waals surface area contributed by atoms with Crippen LogP contribution in [0.3, 0.4) is 0 Å². The van der Waals surface area contributed by atoms with E-state index in [0.29, 0.717) is 5.69 Å². The van der Waals surface area contributed by atoms with E-state index in [-0.39, 0.29) is 17.0 Å². The molecule has 0 spiro atoms. The van der Waals surface area contributed by atoms with Crippen molar-refractivity contribution in [3.63, 3.8) is 0 Å². The summed E-state index contributed by atoms with van der Waals surface area (Å²) in [5, 5.41) is 16.7. The van der Waals surface area contributed by atoms with Crippen LogP contribution in [0.2, 0.25) is 0 Å². The molecule has 0 amide bonds. The summed E-state index contributed by atoms with van der Waals surface area (Å²) in [5.74, 6) is -0.963. The van der Waals surface area contributed by atoms with E-state index in [0.717, 1.165) is 0 Å². The van der Waals surface area contributed by atoms with Crippen LogP contribution in [0.4, 0.5) is 8.78 Å².